The van der Waals surface area contributed by atoms with Gasteiger partial charge >= 0.3 is 0 Å². The van der Waals surface area contributed by atoms with E-state index >= 15 is 0 Å². The number of aromatic nitrogens is 4. The molecule has 0 saturated heterocycles. The zero-order valence-electron chi connectivity index (χ0n) is 25.3. The van der Waals surface area contributed by atoms with Crippen LogP contribution in [-0.2, 0) is 14.1 Å². The van der Waals surface area contributed by atoms with Gasteiger partial charge in [0.05, 0.1) is 22.1 Å². The zero-order valence-corrected chi connectivity index (χ0v) is 26.3. The lowest BCUT2D eigenvalue weighted by Gasteiger charge is -2.37. The Morgan fingerprint density at radius 1 is 0.400 bits per heavy atom. The highest BCUT2D eigenvalue weighted by molar-refractivity contribution is 7.20. The van der Waals surface area contributed by atoms with Crippen molar-refractivity contribution >= 4 is 50.9 Å². The lowest BCUT2D eigenvalue weighted by molar-refractivity contribution is 0.960. The highest BCUT2D eigenvalue weighted by Gasteiger charge is 2.45. The van der Waals surface area contributed by atoms with E-state index in [1.165, 1.54) is 20.7 Å². The summed E-state index contributed by atoms with van der Waals surface area (Å²) in [6, 6.07) is 56.8. The molecule has 0 atom stereocenters. The smallest absolute Gasteiger partial charge is 0.181 e. The minimum atomic E-state index is -3.01. The maximum atomic E-state index is 5.23. The summed E-state index contributed by atoms with van der Waals surface area (Å²) in [5, 5.41) is 5.22. The molecule has 2 aromatic heterocycles. The molecule has 0 amide bonds. The van der Waals surface area contributed by atoms with Crippen molar-refractivity contribution in [2.75, 3.05) is 0 Å². The van der Waals surface area contributed by atoms with Gasteiger partial charge in [-0.25, -0.2) is 9.97 Å². The van der Waals surface area contributed by atoms with Gasteiger partial charge in [-0.3, -0.25) is 0 Å². The number of nitrogens with zero attached hydrogens (tertiary/aromatic N) is 4. The number of hydrogen-bond acceptors (Lipinski definition) is 2. The van der Waals surface area contributed by atoms with E-state index in [0.29, 0.717) is 0 Å². The minimum absolute atomic E-state index is 0.968. The largest absolute Gasteiger partial charge is 0.327 e. The molecule has 5 heteroatoms. The van der Waals surface area contributed by atoms with Crippen LogP contribution in [0.1, 0.15) is 0 Å². The van der Waals surface area contributed by atoms with Crippen molar-refractivity contribution in [2.24, 2.45) is 14.1 Å². The van der Waals surface area contributed by atoms with Gasteiger partial charge in [0.25, 0.3) is 0 Å². The predicted molar refractivity (Wildman–Crippen MR) is 189 cm³/mol. The van der Waals surface area contributed by atoms with Gasteiger partial charge in [-0.05, 0) is 45.0 Å². The second-order valence-electron chi connectivity index (χ2n) is 11.5. The number of para-hydroxylation sites is 4. The normalized spacial score (nSPS) is 11.8. The summed E-state index contributed by atoms with van der Waals surface area (Å²) in [5.41, 5.74) is 6.53. The molecule has 45 heavy (non-hydrogen) atoms. The number of imidazole rings is 2. The van der Waals surface area contributed by atoms with Gasteiger partial charge in [-0.1, -0.05) is 133 Å². The molecule has 4 nitrogen and oxygen atoms in total. The molecular formula is C40H32N4Si. The molecule has 0 aliphatic carbocycles. The third kappa shape index (κ3) is 4.19. The maximum Gasteiger partial charge on any atom is 0.181 e. The molecule has 0 N–H and O–H groups in total. The fraction of sp³-hybridized carbons (Fsp3) is 0.0500. The summed E-state index contributed by atoms with van der Waals surface area (Å²) in [6.07, 6.45) is 0. The Hall–Kier alpha value is -5.52. The lowest BCUT2D eigenvalue weighted by Crippen LogP contribution is -2.75. The molecule has 0 radical (unpaired) electrons. The predicted octanol–water partition coefficient (Wildman–Crippen LogP) is 6.17. The van der Waals surface area contributed by atoms with E-state index in [2.05, 4.69) is 181 Å². The Bertz CT molecular complexity index is 2140. The molecule has 0 aliphatic heterocycles. The summed E-state index contributed by atoms with van der Waals surface area (Å²) in [6.45, 7) is 0. The topological polar surface area (TPSA) is 35.6 Å². The quantitative estimate of drug-likeness (QED) is 0.170. The molecule has 8 aromatic rings. The summed E-state index contributed by atoms with van der Waals surface area (Å²) >= 11 is 0. The Morgan fingerprint density at radius 3 is 1.18 bits per heavy atom. The van der Waals surface area contributed by atoms with E-state index in [0.717, 1.165) is 44.8 Å². The standard InChI is InChI=1S/C40H32N4Si/c1-43-35-25-13-11-23-33(35)41-39(43)31-21-9-15-27-37(31)45(29-17-5-3-6-18-29,30-19-7-4-8-20-30)38-28-16-10-22-32(38)40-42-34-24-12-14-26-36(34)44(40)2/h3-28H,1-2H3. The molecular weight excluding hydrogens is 565 g/mol. The van der Waals surface area contributed by atoms with Gasteiger partial charge in [0.1, 0.15) is 11.6 Å². The van der Waals surface area contributed by atoms with Crippen LogP contribution in [-0.4, -0.2) is 27.2 Å². The molecule has 0 saturated carbocycles. The molecule has 0 unspecified atom stereocenters. The molecule has 216 valence electrons. The van der Waals surface area contributed by atoms with Gasteiger partial charge in [0.2, 0.25) is 0 Å². The van der Waals surface area contributed by atoms with Gasteiger partial charge in [-0.15, -0.1) is 0 Å². The van der Waals surface area contributed by atoms with Crippen LogP contribution in [0, 0.1) is 0 Å². The molecule has 6 aromatic carbocycles. The first-order valence-corrected chi connectivity index (χ1v) is 17.3. The summed E-state index contributed by atoms with van der Waals surface area (Å²) in [7, 11) is 1.25. The SMILES string of the molecule is Cn1c(-c2ccccc2[Si](c2ccccc2)(c2ccccc2)c2ccccc2-c2nc3ccccc3n2C)nc2ccccc21. The molecule has 0 fully saturated rings. The van der Waals surface area contributed by atoms with Crippen LogP contribution in [0.4, 0.5) is 0 Å². The first kappa shape index (κ1) is 27.1. The van der Waals surface area contributed by atoms with Gasteiger partial charge in [0.15, 0.2) is 8.07 Å². The first-order chi connectivity index (χ1) is 22.2. The van der Waals surface area contributed by atoms with Crippen molar-refractivity contribution in [3.05, 3.63) is 158 Å². The van der Waals surface area contributed by atoms with E-state index < -0.39 is 8.07 Å². The van der Waals surface area contributed by atoms with Gasteiger partial charge in [0, 0.05) is 25.2 Å². The van der Waals surface area contributed by atoms with Gasteiger partial charge in [-0.2, -0.15) is 0 Å². The second-order valence-corrected chi connectivity index (χ2v) is 15.3. The Balaban J connectivity index is 1.53. The number of hydrogen-bond donors (Lipinski definition) is 0. The van der Waals surface area contributed by atoms with E-state index in [-0.39, 0.29) is 0 Å². The van der Waals surface area contributed by atoms with E-state index in [1.54, 1.807) is 0 Å². The Kier molecular flexibility index (Phi) is 6.54. The number of fused-ring (bicyclic) bond motifs is 2. The average molecular weight is 597 g/mol. The number of benzene rings is 6. The monoisotopic (exact) mass is 596 g/mol. The van der Waals surface area contributed by atoms with Crippen molar-refractivity contribution in [2.45, 2.75) is 0 Å². The first-order valence-electron chi connectivity index (χ1n) is 15.3. The molecule has 0 aliphatic rings. The van der Waals surface area contributed by atoms with Crippen molar-refractivity contribution in [3.8, 4) is 22.8 Å². The third-order valence-electron chi connectivity index (χ3n) is 9.13. The molecule has 0 bridgehead atoms. The third-order valence-corrected chi connectivity index (χ3v) is 14.0. The lowest BCUT2D eigenvalue weighted by atomic mass is 10.2. The fourth-order valence-corrected chi connectivity index (χ4v) is 12.2. The molecule has 2 heterocycles. The van der Waals surface area contributed by atoms with Crippen LogP contribution >= 0.6 is 0 Å². The highest BCUT2D eigenvalue weighted by Crippen LogP contribution is 2.28. The van der Waals surface area contributed by atoms with Crippen LogP contribution in [0.15, 0.2) is 158 Å². The second kappa shape index (κ2) is 10.9. The molecule has 8 rings (SSSR count). The van der Waals surface area contributed by atoms with Crippen molar-refractivity contribution in [3.63, 3.8) is 0 Å². The fourth-order valence-electron chi connectivity index (χ4n) is 7.09. The Labute approximate surface area is 263 Å². The highest BCUT2D eigenvalue weighted by atomic mass is 28.3. The minimum Gasteiger partial charge on any atom is -0.327 e. The number of aryl methyl sites for hydroxylation is 2. The van der Waals surface area contributed by atoms with Crippen molar-refractivity contribution in [1.82, 2.24) is 19.1 Å². The van der Waals surface area contributed by atoms with Gasteiger partial charge < -0.3 is 9.13 Å². The maximum absolute atomic E-state index is 5.23. The average Bonchev–Trinajstić information content (AvgIpc) is 3.63. The zero-order chi connectivity index (χ0) is 30.4. The molecule has 0 spiro atoms. The van der Waals surface area contributed by atoms with Crippen LogP contribution in [0.5, 0.6) is 0 Å². The summed E-state index contributed by atoms with van der Waals surface area (Å²) in [4.78, 5) is 10.5. The Morgan fingerprint density at radius 2 is 0.756 bits per heavy atom. The van der Waals surface area contributed by atoms with Crippen LogP contribution in [0.3, 0.4) is 0 Å². The van der Waals surface area contributed by atoms with Crippen molar-refractivity contribution < 1.29 is 0 Å². The summed E-state index contributed by atoms with van der Waals surface area (Å²) in [5.74, 6) is 1.94. The van der Waals surface area contributed by atoms with E-state index in [9.17, 15) is 0 Å². The van der Waals surface area contributed by atoms with Crippen LogP contribution in [0.25, 0.3) is 44.8 Å². The van der Waals surface area contributed by atoms with E-state index in [1.807, 2.05) is 0 Å². The summed E-state index contributed by atoms with van der Waals surface area (Å²) < 4.78 is 4.47. The number of rotatable bonds is 6. The van der Waals surface area contributed by atoms with Crippen LogP contribution < -0.4 is 20.7 Å². The van der Waals surface area contributed by atoms with E-state index in [4.69, 9.17) is 9.97 Å². The van der Waals surface area contributed by atoms with Crippen LogP contribution in [0.2, 0.25) is 0 Å². The van der Waals surface area contributed by atoms with Crippen molar-refractivity contribution in [1.29, 1.82) is 0 Å².